The van der Waals surface area contributed by atoms with E-state index in [9.17, 15) is 26.7 Å². The number of ether oxygens (including phenoxy) is 2. The predicted molar refractivity (Wildman–Crippen MR) is 114 cm³/mol. The summed E-state index contributed by atoms with van der Waals surface area (Å²) in [4.78, 5) is 12.4. The van der Waals surface area contributed by atoms with Gasteiger partial charge in [-0.3, -0.25) is 5.32 Å². The van der Waals surface area contributed by atoms with Gasteiger partial charge in [0.1, 0.15) is 17.4 Å². The minimum atomic E-state index is -4.64. The van der Waals surface area contributed by atoms with Crippen LogP contribution in [0.15, 0.2) is 36.4 Å². The Morgan fingerprint density at radius 2 is 1.94 bits per heavy atom. The van der Waals surface area contributed by atoms with Crippen LogP contribution in [-0.4, -0.2) is 37.6 Å². The number of anilines is 1. The minimum Gasteiger partial charge on any atom is -0.473 e. The first-order valence-electron chi connectivity index (χ1n) is 10.5. The molecule has 2 saturated heterocycles. The van der Waals surface area contributed by atoms with Crippen LogP contribution >= 0.6 is 11.6 Å². The van der Waals surface area contributed by atoms with E-state index in [1.165, 1.54) is 24.3 Å². The minimum absolute atomic E-state index is 0.0261. The van der Waals surface area contributed by atoms with E-state index in [-0.39, 0.29) is 24.3 Å². The zero-order valence-corrected chi connectivity index (χ0v) is 18.4. The second-order valence-electron chi connectivity index (χ2n) is 8.01. The number of nitrogens with one attached hydrogen (secondary N) is 3. The molecule has 12 heteroatoms. The van der Waals surface area contributed by atoms with E-state index in [2.05, 4.69) is 16.0 Å². The van der Waals surface area contributed by atoms with Gasteiger partial charge in [-0.05, 0) is 31.5 Å². The highest BCUT2D eigenvalue weighted by Crippen LogP contribution is 2.52. The van der Waals surface area contributed by atoms with Crippen molar-refractivity contribution in [3.05, 3.63) is 58.6 Å². The molecule has 2 aromatic rings. The zero-order valence-electron chi connectivity index (χ0n) is 17.6. The van der Waals surface area contributed by atoms with E-state index in [4.69, 9.17) is 21.1 Å². The molecule has 0 radical (unpaired) electrons. The highest BCUT2D eigenvalue weighted by molar-refractivity contribution is 6.30. The molecule has 3 N–H and O–H groups in total. The first kappa shape index (κ1) is 24.5. The third kappa shape index (κ3) is 4.77. The van der Waals surface area contributed by atoms with Gasteiger partial charge in [0.2, 0.25) is 0 Å². The summed E-state index contributed by atoms with van der Waals surface area (Å²) in [5, 5.41) is 7.41. The van der Waals surface area contributed by atoms with Crippen molar-refractivity contribution in [2.45, 2.75) is 43.3 Å². The standard InChI is InChI=1S/C22H21ClF5N3O3/c23-13-10-15(25)17(11-14(13)24)31-20(32)30-16-5-3-8-29-19(16)34-18-6-2-1-4-12(18)21(7-9-33-21)22(26,27)28/h1-2,4,6,10-11,16,19,29H,3,5,7-9H2,(H2,30,31,32). The average Bonchev–Trinajstić information content (AvgIpc) is 2.73. The van der Waals surface area contributed by atoms with Crippen molar-refractivity contribution < 1.29 is 36.2 Å². The molecule has 0 bridgehead atoms. The smallest absolute Gasteiger partial charge is 0.421 e. The summed E-state index contributed by atoms with van der Waals surface area (Å²) in [6.45, 7) is 0.478. The van der Waals surface area contributed by atoms with Crippen LogP contribution in [0.4, 0.5) is 32.4 Å². The quantitative estimate of drug-likeness (QED) is 0.392. The normalized spacial score (nSPS) is 24.8. The highest BCUT2D eigenvalue weighted by atomic mass is 35.5. The largest absolute Gasteiger partial charge is 0.473 e. The summed E-state index contributed by atoms with van der Waals surface area (Å²) in [6.07, 6.45) is -4.67. The molecular weight excluding hydrogens is 485 g/mol. The number of hydrogen-bond acceptors (Lipinski definition) is 4. The lowest BCUT2D eigenvalue weighted by atomic mass is 9.85. The first-order valence-corrected chi connectivity index (χ1v) is 10.9. The topological polar surface area (TPSA) is 71.6 Å². The van der Waals surface area contributed by atoms with E-state index in [0.717, 1.165) is 12.1 Å². The number of carbonyl (C=O) groups excluding carboxylic acids is 1. The summed E-state index contributed by atoms with van der Waals surface area (Å²) in [7, 11) is 0. The van der Waals surface area contributed by atoms with Crippen LogP contribution in [0.2, 0.25) is 5.02 Å². The van der Waals surface area contributed by atoms with Gasteiger partial charge in [0, 0.05) is 18.1 Å². The second-order valence-corrected chi connectivity index (χ2v) is 8.41. The van der Waals surface area contributed by atoms with E-state index >= 15 is 0 Å². The third-order valence-electron chi connectivity index (χ3n) is 5.81. The molecule has 3 unspecified atom stereocenters. The molecule has 0 aliphatic carbocycles. The van der Waals surface area contributed by atoms with E-state index in [1.54, 1.807) is 0 Å². The molecule has 2 aromatic carbocycles. The number of urea groups is 1. The summed E-state index contributed by atoms with van der Waals surface area (Å²) < 4.78 is 80.0. The molecular formula is C22H21ClF5N3O3. The number of benzene rings is 2. The van der Waals surface area contributed by atoms with Gasteiger partial charge in [0.25, 0.3) is 0 Å². The fourth-order valence-electron chi connectivity index (χ4n) is 4.01. The van der Waals surface area contributed by atoms with Gasteiger partial charge in [0.05, 0.1) is 23.4 Å². The molecule has 2 amide bonds. The second kappa shape index (κ2) is 9.55. The van der Waals surface area contributed by atoms with Crippen LogP contribution in [0.5, 0.6) is 5.75 Å². The molecule has 2 aliphatic rings. The van der Waals surface area contributed by atoms with Crippen LogP contribution in [0.3, 0.4) is 0 Å². The lowest BCUT2D eigenvalue weighted by Gasteiger charge is -2.44. The summed E-state index contributed by atoms with van der Waals surface area (Å²) in [6, 6.07) is 5.68. The molecule has 184 valence electrons. The Morgan fingerprint density at radius 3 is 2.62 bits per heavy atom. The van der Waals surface area contributed by atoms with Gasteiger partial charge < -0.3 is 20.1 Å². The number of piperidine rings is 1. The molecule has 2 fully saturated rings. The lowest BCUT2D eigenvalue weighted by molar-refractivity contribution is -0.334. The average molecular weight is 506 g/mol. The number of carbonyl (C=O) groups is 1. The van der Waals surface area contributed by atoms with Crippen LogP contribution in [0.25, 0.3) is 0 Å². The van der Waals surface area contributed by atoms with E-state index in [1.807, 2.05) is 0 Å². The Hall–Kier alpha value is -2.63. The van der Waals surface area contributed by atoms with Gasteiger partial charge >= 0.3 is 12.2 Å². The lowest BCUT2D eigenvalue weighted by Crippen LogP contribution is -2.57. The predicted octanol–water partition coefficient (Wildman–Crippen LogP) is 5.07. The first-order chi connectivity index (χ1) is 16.1. The number of rotatable bonds is 5. The highest BCUT2D eigenvalue weighted by Gasteiger charge is 2.62. The Labute approximate surface area is 196 Å². The van der Waals surface area contributed by atoms with Crippen LogP contribution in [0, 0.1) is 11.6 Å². The van der Waals surface area contributed by atoms with Crippen molar-refractivity contribution >= 4 is 23.3 Å². The number of para-hydroxylation sites is 1. The van der Waals surface area contributed by atoms with Crippen molar-refractivity contribution in [1.82, 2.24) is 10.6 Å². The van der Waals surface area contributed by atoms with E-state index in [0.29, 0.717) is 19.4 Å². The summed E-state index contributed by atoms with van der Waals surface area (Å²) in [5.41, 5.74) is -3.02. The SMILES string of the molecule is O=C(Nc1cc(F)c(Cl)cc1F)NC1CCCNC1Oc1ccccc1C1(C(F)(F)F)CCO1. The Bertz CT molecular complexity index is 1060. The Balaban J connectivity index is 1.50. The van der Waals surface area contributed by atoms with Gasteiger partial charge in [-0.1, -0.05) is 29.8 Å². The zero-order chi connectivity index (χ0) is 24.5. The number of halogens is 6. The molecule has 6 nitrogen and oxygen atoms in total. The molecule has 4 rings (SSSR count). The van der Waals surface area contributed by atoms with Crippen LogP contribution in [-0.2, 0) is 10.3 Å². The van der Waals surface area contributed by atoms with Gasteiger partial charge in [-0.25, -0.2) is 13.6 Å². The monoisotopic (exact) mass is 505 g/mol. The number of hydrogen-bond donors (Lipinski definition) is 3. The molecule has 3 atom stereocenters. The maximum Gasteiger partial charge on any atom is 0.421 e. The molecule has 34 heavy (non-hydrogen) atoms. The van der Waals surface area contributed by atoms with E-state index < -0.39 is 52.4 Å². The van der Waals surface area contributed by atoms with Gasteiger partial charge in [-0.15, -0.1) is 0 Å². The summed E-state index contributed by atoms with van der Waals surface area (Å²) >= 11 is 5.51. The summed E-state index contributed by atoms with van der Waals surface area (Å²) in [5.74, 6) is -1.87. The van der Waals surface area contributed by atoms with Crippen molar-refractivity contribution in [2.24, 2.45) is 0 Å². The van der Waals surface area contributed by atoms with Crippen LogP contribution < -0.4 is 20.7 Å². The number of alkyl halides is 3. The van der Waals surface area contributed by atoms with Crippen molar-refractivity contribution in [3.63, 3.8) is 0 Å². The molecule has 2 aliphatic heterocycles. The molecule has 0 saturated carbocycles. The van der Waals surface area contributed by atoms with Crippen molar-refractivity contribution in [3.8, 4) is 5.75 Å². The molecule has 2 heterocycles. The fraction of sp³-hybridized carbons (Fsp3) is 0.409. The molecule has 0 aromatic heterocycles. The van der Waals surface area contributed by atoms with Gasteiger partial charge in [-0.2, -0.15) is 13.2 Å². The van der Waals surface area contributed by atoms with Gasteiger partial charge in [0.15, 0.2) is 11.8 Å². The number of amides is 2. The maximum atomic E-state index is 14.0. The molecule has 0 spiro atoms. The fourth-order valence-corrected chi connectivity index (χ4v) is 4.16. The third-order valence-corrected chi connectivity index (χ3v) is 6.10. The van der Waals surface area contributed by atoms with Crippen LogP contribution in [0.1, 0.15) is 24.8 Å². The van der Waals surface area contributed by atoms with Crippen molar-refractivity contribution in [2.75, 3.05) is 18.5 Å². The maximum absolute atomic E-state index is 14.0. The Kier molecular flexibility index (Phi) is 6.88. The Morgan fingerprint density at radius 1 is 1.21 bits per heavy atom. The van der Waals surface area contributed by atoms with Crippen molar-refractivity contribution in [1.29, 1.82) is 0 Å².